The molecule has 0 spiro atoms. The van der Waals surface area contributed by atoms with E-state index in [0.717, 1.165) is 19.4 Å². The average Bonchev–Trinajstić information content (AvgIpc) is 3.24. The van der Waals surface area contributed by atoms with Gasteiger partial charge in [0.1, 0.15) is 0 Å². The third-order valence-corrected chi connectivity index (χ3v) is 4.04. The number of carbonyl (C=O) groups is 2. The first-order valence-corrected chi connectivity index (χ1v) is 7.78. The lowest BCUT2D eigenvalue weighted by Gasteiger charge is -2.33. The minimum Gasteiger partial charge on any atom is -0.481 e. The van der Waals surface area contributed by atoms with E-state index < -0.39 is 5.97 Å². The summed E-state index contributed by atoms with van der Waals surface area (Å²) in [6.07, 6.45) is 5.40. The second-order valence-corrected chi connectivity index (χ2v) is 6.39. The van der Waals surface area contributed by atoms with Crippen molar-refractivity contribution in [1.29, 1.82) is 0 Å². The number of hydrogen-bond donors (Lipinski definition) is 1. The highest BCUT2D eigenvalue weighted by Gasteiger charge is 2.38. The summed E-state index contributed by atoms with van der Waals surface area (Å²) in [5.74, 6) is -0.0919. The number of urea groups is 1. The smallest absolute Gasteiger partial charge is 0.320 e. The van der Waals surface area contributed by atoms with Crippen LogP contribution < -0.4 is 0 Å². The van der Waals surface area contributed by atoms with Crippen molar-refractivity contribution in [1.82, 2.24) is 9.80 Å². The Morgan fingerprint density at radius 1 is 1.20 bits per heavy atom. The van der Waals surface area contributed by atoms with E-state index in [9.17, 15) is 9.59 Å². The van der Waals surface area contributed by atoms with E-state index in [4.69, 9.17) is 5.11 Å². The van der Waals surface area contributed by atoms with Crippen molar-refractivity contribution in [3.63, 3.8) is 0 Å². The fourth-order valence-electron chi connectivity index (χ4n) is 2.49. The number of carboxylic acids is 1. The third kappa shape index (κ3) is 4.39. The summed E-state index contributed by atoms with van der Waals surface area (Å²) in [6.45, 7) is 5.43. The average molecular weight is 282 g/mol. The molecule has 0 unspecified atom stereocenters. The van der Waals surface area contributed by atoms with Gasteiger partial charge in [-0.1, -0.05) is 0 Å². The first-order chi connectivity index (χ1) is 9.49. The predicted octanol–water partition coefficient (Wildman–Crippen LogP) is 2.56. The van der Waals surface area contributed by atoms with Crippen LogP contribution in [0.2, 0.25) is 0 Å². The molecule has 2 rings (SSSR count). The van der Waals surface area contributed by atoms with E-state index in [0.29, 0.717) is 24.9 Å². The maximum Gasteiger partial charge on any atom is 0.320 e. The van der Waals surface area contributed by atoms with Gasteiger partial charge in [0, 0.05) is 31.6 Å². The SMILES string of the molecule is CC(C)N(CCCC(=O)O)C(=O)N(CC1CC1)C1CC1. The van der Waals surface area contributed by atoms with Crippen LogP contribution in [0.15, 0.2) is 0 Å². The zero-order valence-electron chi connectivity index (χ0n) is 12.5. The van der Waals surface area contributed by atoms with Gasteiger partial charge in [0.15, 0.2) is 0 Å². The molecule has 2 amide bonds. The number of nitrogens with zero attached hydrogens (tertiary/aromatic N) is 2. The largest absolute Gasteiger partial charge is 0.481 e. The molecule has 2 fully saturated rings. The molecule has 0 aliphatic heterocycles. The van der Waals surface area contributed by atoms with Crippen LogP contribution in [0.5, 0.6) is 0 Å². The highest BCUT2D eigenvalue weighted by atomic mass is 16.4. The van der Waals surface area contributed by atoms with Gasteiger partial charge >= 0.3 is 12.0 Å². The van der Waals surface area contributed by atoms with Crippen molar-refractivity contribution in [3.8, 4) is 0 Å². The van der Waals surface area contributed by atoms with Gasteiger partial charge in [-0.3, -0.25) is 4.79 Å². The highest BCUT2D eigenvalue weighted by molar-refractivity contribution is 5.75. The first-order valence-electron chi connectivity index (χ1n) is 7.78. The normalized spacial score (nSPS) is 18.1. The Balaban J connectivity index is 1.90. The van der Waals surface area contributed by atoms with Gasteiger partial charge in [0.25, 0.3) is 0 Å². The Morgan fingerprint density at radius 3 is 2.30 bits per heavy atom. The maximum absolute atomic E-state index is 12.7. The van der Waals surface area contributed by atoms with E-state index in [1.54, 1.807) is 0 Å². The summed E-state index contributed by atoms with van der Waals surface area (Å²) in [5.41, 5.74) is 0. The van der Waals surface area contributed by atoms with E-state index in [1.807, 2.05) is 23.6 Å². The van der Waals surface area contributed by atoms with Crippen LogP contribution in [0.25, 0.3) is 0 Å². The number of aliphatic carboxylic acids is 1. The highest BCUT2D eigenvalue weighted by Crippen LogP contribution is 2.35. The van der Waals surface area contributed by atoms with E-state index >= 15 is 0 Å². The molecule has 0 aromatic rings. The molecule has 0 atom stereocenters. The van der Waals surface area contributed by atoms with Crippen LogP contribution in [0.3, 0.4) is 0 Å². The standard InChI is InChI=1S/C15H26N2O3/c1-11(2)16(9-3-4-14(18)19)15(20)17(13-7-8-13)10-12-5-6-12/h11-13H,3-10H2,1-2H3,(H,18,19). The van der Waals surface area contributed by atoms with Gasteiger partial charge in [0.05, 0.1) is 0 Å². The minimum atomic E-state index is -0.793. The second kappa shape index (κ2) is 6.46. The zero-order chi connectivity index (χ0) is 14.7. The molecule has 0 heterocycles. The van der Waals surface area contributed by atoms with Crippen LogP contribution in [-0.2, 0) is 4.79 Å². The molecule has 114 valence electrons. The minimum absolute atomic E-state index is 0.111. The summed E-state index contributed by atoms with van der Waals surface area (Å²) in [7, 11) is 0. The Labute approximate surface area is 120 Å². The van der Waals surface area contributed by atoms with Gasteiger partial charge in [0.2, 0.25) is 0 Å². The molecule has 0 saturated heterocycles. The monoisotopic (exact) mass is 282 g/mol. The van der Waals surface area contributed by atoms with E-state index in [2.05, 4.69) is 0 Å². The quantitative estimate of drug-likeness (QED) is 0.744. The molecule has 2 aliphatic rings. The van der Waals surface area contributed by atoms with Crippen molar-refractivity contribution in [2.24, 2.45) is 5.92 Å². The fourth-order valence-corrected chi connectivity index (χ4v) is 2.49. The zero-order valence-corrected chi connectivity index (χ0v) is 12.5. The van der Waals surface area contributed by atoms with Crippen molar-refractivity contribution < 1.29 is 14.7 Å². The summed E-state index contributed by atoms with van der Waals surface area (Å²) in [4.78, 5) is 27.2. The van der Waals surface area contributed by atoms with Crippen molar-refractivity contribution >= 4 is 12.0 Å². The molecule has 5 heteroatoms. The van der Waals surface area contributed by atoms with Crippen molar-refractivity contribution in [3.05, 3.63) is 0 Å². The van der Waals surface area contributed by atoms with Gasteiger partial charge in [-0.05, 0) is 51.9 Å². The van der Waals surface area contributed by atoms with Crippen LogP contribution in [0.4, 0.5) is 4.79 Å². The summed E-state index contributed by atoms with van der Waals surface area (Å²) >= 11 is 0. The second-order valence-electron chi connectivity index (χ2n) is 6.39. The molecule has 0 aromatic heterocycles. The lowest BCUT2D eigenvalue weighted by atomic mass is 10.2. The van der Waals surface area contributed by atoms with Gasteiger partial charge < -0.3 is 14.9 Å². The third-order valence-electron chi connectivity index (χ3n) is 4.04. The van der Waals surface area contributed by atoms with Crippen molar-refractivity contribution in [2.75, 3.05) is 13.1 Å². The van der Waals surface area contributed by atoms with Crippen LogP contribution in [0.1, 0.15) is 52.4 Å². The summed E-state index contributed by atoms with van der Waals surface area (Å²) in [5, 5.41) is 8.72. The number of carboxylic acid groups (broad SMARTS) is 1. The number of amides is 2. The molecule has 20 heavy (non-hydrogen) atoms. The Kier molecular flexibility index (Phi) is 4.89. The van der Waals surface area contributed by atoms with Crippen LogP contribution in [0, 0.1) is 5.92 Å². The topological polar surface area (TPSA) is 60.9 Å². The van der Waals surface area contributed by atoms with Gasteiger partial charge in [-0.15, -0.1) is 0 Å². The molecule has 0 bridgehead atoms. The molecular weight excluding hydrogens is 256 g/mol. The molecule has 2 aliphatic carbocycles. The Hall–Kier alpha value is -1.26. The van der Waals surface area contributed by atoms with E-state index in [1.165, 1.54) is 12.8 Å². The lowest BCUT2D eigenvalue weighted by Crippen LogP contribution is -2.48. The molecule has 0 aromatic carbocycles. The predicted molar refractivity (Wildman–Crippen MR) is 76.6 cm³/mol. The number of rotatable bonds is 8. The van der Waals surface area contributed by atoms with Crippen LogP contribution >= 0.6 is 0 Å². The Morgan fingerprint density at radius 2 is 1.85 bits per heavy atom. The van der Waals surface area contributed by atoms with Gasteiger partial charge in [-0.25, -0.2) is 4.79 Å². The van der Waals surface area contributed by atoms with E-state index in [-0.39, 0.29) is 18.5 Å². The van der Waals surface area contributed by atoms with Gasteiger partial charge in [-0.2, -0.15) is 0 Å². The van der Waals surface area contributed by atoms with Crippen molar-refractivity contribution in [2.45, 2.75) is 64.5 Å². The first kappa shape index (κ1) is 15.1. The number of carbonyl (C=O) groups excluding carboxylic acids is 1. The summed E-state index contributed by atoms with van der Waals surface area (Å²) in [6, 6.07) is 0.667. The molecular formula is C15H26N2O3. The summed E-state index contributed by atoms with van der Waals surface area (Å²) < 4.78 is 0. The molecule has 5 nitrogen and oxygen atoms in total. The molecule has 0 radical (unpaired) electrons. The van der Waals surface area contributed by atoms with Crippen LogP contribution in [-0.4, -0.2) is 52.1 Å². The molecule has 1 N–H and O–H groups in total. The Bertz CT molecular complexity index is 362. The molecule has 2 saturated carbocycles. The maximum atomic E-state index is 12.7. The fraction of sp³-hybridized carbons (Fsp3) is 0.867. The number of hydrogen-bond acceptors (Lipinski definition) is 2. The lowest BCUT2D eigenvalue weighted by molar-refractivity contribution is -0.137.